The van der Waals surface area contributed by atoms with Gasteiger partial charge >= 0.3 is 0 Å². The first-order valence-electron chi connectivity index (χ1n) is 6.80. The fourth-order valence-electron chi connectivity index (χ4n) is 1.52. The average Bonchev–Trinajstić information content (AvgIpc) is 2.36. The van der Waals surface area contributed by atoms with Crippen LogP contribution in [-0.4, -0.2) is 36.6 Å². The van der Waals surface area contributed by atoms with E-state index >= 15 is 0 Å². The molecule has 0 saturated carbocycles. The maximum Gasteiger partial charge on any atom is 0.167 e. The van der Waals surface area contributed by atoms with Gasteiger partial charge in [-0.1, -0.05) is 0 Å². The van der Waals surface area contributed by atoms with Crippen LogP contribution < -0.4 is 10.1 Å². The number of aliphatic hydroxyl groups excluding tert-OH is 1. The Kier molecular flexibility index (Phi) is 6.23. The molecule has 0 spiro atoms. The molecule has 5 heteroatoms. The third-order valence-corrected chi connectivity index (χ3v) is 2.48. The molecule has 114 valence electrons. The zero-order valence-corrected chi connectivity index (χ0v) is 12.6. The number of rotatable bonds is 7. The second-order valence-electron chi connectivity index (χ2n) is 5.54. The quantitative estimate of drug-likeness (QED) is 0.809. The molecule has 20 heavy (non-hydrogen) atoms. The highest BCUT2D eigenvalue weighted by Gasteiger charge is 2.13. The SMILES string of the molecule is CCOc1ccc(NCC(O)COC(C)(C)C)cc1F. The van der Waals surface area contributed by atoms with E-state index in [-0.39, 0.29) is 18.0 Å². The molecule has 1 aromatic rings. The Morgan fingerprint density at radius 2 is 2.05 bits per heavy atom. The third kappa shape index (κ3) is 6.21. The molecule has 1 unspecified atom stereocenters. The summed E-state index contributed by atoms with van der Waals surface area (Å²) in [4.78, 5) is 0. The smallest absolute Gasteiger partial charge is 0.167 e. The summed E-state index contributed by atoms with van der Waals surface area (Å²) in [7, 11) is 0. The van der Waals surface area contributed by atoms with Gasteiger partial charge in [-0.2, -0.15) is 0 Å². The van der Waals surface area contributed by atoms with Gasteiger partial charge in [0.1, 0.15) is 0 Å². The summed E-state index contributed by atoms with van der Waals surface area (Å²) in [5.41, 5.74) is 0.312. The summed E-state index contributed by atoms with van der Waals surface area (Å²) in [5.74, 6) is -0.188. The summed E-state index contributed by atoms with van der Waals surface area (Å²) in [6.07, 6.45) is -0.649. The molecule has 0 bridgehead atoms. The predicted octanol–water partition coefficient (Wildman–Crippen LogP) is 2.81. The number of nitrogens with one attached hydrogen (secondary N) is 1. The number of ether oxygens (including phenoxy) is 2. The van der Waals surface area contributed by atoms with Crippen LogP contribution in [0.2, 0.25) is 0 Å². The summed E-state index contributed by atoms with van der Waals surface area (Å²) in [5, 5.41) is 12.7. The van der Waals surface area contributed by atoms with Gasteiger partial charge in [-0.15, -0.1) is 0 Å². The van der Waals surface area contributed by atoms with Crippen LogP contribution in [0.4, 0.5) is 10.1 Å². The number of anilines is 1. The molecule has 0 fully saturated rings. The summed E-state index contributed by atoms with van der Waals surface area (Å²) >= 11 is 0. The second-order valence-corrected chi connectivity index (χ2v) is 5.54. The van der Waals surface area contributed by atoms with Gasteiger partial charge in [-0.05, 0) is 39.8 Å². The Hall–Kier alpha value is -1.33. The molecule has 0 aliphatic rings. The van der Waals surface area contributed by atoms with Crippen LogP contribution in [0.1, 0.15) is 27.7 Å². The number of halogens is 1. The lowest BCUT2D eigenvalue weighted by molar-refractivity contribution is -0.0449. The lowest BCUT2D eigenvalue weighted by atomic mass is 10.2. The standard InChI is InChI=1S/C15H24FNO3/c1-5-19-14-7-6-11(8-13(14)16)17-9-12(18)10-20-15(2,3)4/h6-8,12,17-18H,5,9-10H2,1-4H3. The largest absolute Gasteiger partial charge is 0.491 e. The van der Waals surface area contributed by atoms with E-state index in [0.717, 1.165) is 0 Å². The normalized spacial score (nSPS) is 13.1. The van der Waals surface area contributed by atoms with E-state index in [0.29, 0.717) is 18.8 Å². The lowest BCUT2D eigenvalue weighted by Gasteiger charge is -2.22. The lowest BCUT2D eigenvalue weighted by Crippen LogP contribution is -2.30. The van der Waals surface area contributed by atoms with Crippen molar-refractivity contribution in [2.45, 2.75) is 39.4 Å². The van der Waals surface area contributed by atoms with Gasteiger partial charge in [0.25, 0.3) is 0 Å². The van der Waals surface area contributed by atoms with E-state index in [1.54, 1.807) is 19.1 Å². The molecule has 0 amide bonds. The summed E-state index contributed by atoms with van der Waals surface area (Å²) < 4.78 is 24.2. The maximum atomic E-state index is 13.6. The van der Waals surface area contributed by atoms with E-state index in [4.69, 9.17) is 9.47 Å². The van der Waals surface area contributed by atoms with Crippen molar-refractivity contribution in [1.82, 2.24) is 0 Å². The summed E-state index contributed by atoms with van der Waals surface area (Å²) in [6.45, 7) is 8.53. The van der Waals surface area contributed by atoms with Gasteiger partial charge in [0, 0.05) is 18.3 Å². The Bertz CT molecular complexity index is 418. The molecule has 1 aromatic carbocycles. The van der Waals surface area contributed by atoms with Crippen LogP contribution in [0, 0.1) is 5.82 Å². The van der Waals surface area contributed by atoms with Crippen LogP contribution >= 0.6 is 0 Å². The van der Waals surface area contributed by atoms with Gasteiger partial charge in [0.05, 0.1) is 24.9 Å². The van der Waals surface area contributed by atoms with Crippen LogP contribution in [0.15, 0.2) is 18.2 Å². The van der Waals surface area contributed by atoms with Gasteiger partial charge < -0.3 is 19.9 Å². The van der Waals surface area contributed by atoms with E-state index in [1.165, 1.54) is 6.07 Å². The Balaban J connectivity index is 2.43. The van der Waals surface area contributed by atoms with Crippen LogP contribution in [-0.2, 0) is 4.74 Å². The molecular formula is C15H24FNO3. The number of hydrogen-bond donors (Lipinski definition) is 2. The van der Waals surface area contributed by atoms with Gasteiger partial charge in [0.15, 0.2) is 11.6 Å². The first kappa shape index (κ1) is 16.7. The monoisotopic (exact) mass is 285 g/mol. The first-order chi connectivity index (χ1) is 9.31. The zero-order valence-electron chi connectivity index (χ0n) is 12.6. The van der Waals surface area contributed by atoms with Gasteiger partial charge in [-0.3, -0.25) is 0 Å². The molecule has 0 aromatic heterocycles. The number of hydrogen-bond acceptors (Lipinski definition) is 4. The molecule has 0 radical (unpaired) electrons. The van der Waals surface area contributed by atoms with E-state index in [1.807, 2.05) is 20.8 Å². The number of benzene rings is 1. The molecular weight excluding hydrogens is 261 g/mol. The van der Waals surface area contributed by atoms with Gasteiger partial charge in [0.2, 0.25) is 0 Å². The molecule has 1 atom stereocenters. The van der Waals surface area contributed by atoms with Crippen molar-refractivity contribution in [3.63, 3.8) is 0 Å². The fraction of sp³-hybridized carbons (Fsp3) is 0.600. The van der Waals surface area contributed by atoms with Crippen LogP contribution in [0.5, 0.6) is 5.75 Å². The average molecular weight is 285 g/mol. The highest BCUT2D eigenvalue weighted by atomic mass is 19.1. The van der Waals surface area contributed by atoms with Crippen LogP contribution in [0.25, 0.3) is 0 Å². The predicted molar refractivity (Wildman–Crippen MR) is 77.8 cm³/mol. The second kappa shape index (κ2) is 7.45. The first-order valence-corrected chi connectivity index (χ1v) is 6.80. The van der Waals surface area contributed by atoms with Crippen molar-refractivity contribution >= 4 is 5.69 Å². The highest BCUT2D eigenvalue weighted by Crippen LogP contribution is 2.21. The third-order valence-electron chi connectivity index (χ3n) is 2.48. The van der Waals surface area contributed by atoms with Gasteiger partial charge in [-0.25, -0.2) is 4.39 Å². The van der Waals surface area contributed by atoms with Crippen molar-refractivity contribution in [3.05, 3.63) is 24.0 Å². The van der Waals surface area contributed by atoms with Crippen molar-refractivity contribution in [1.29, 1.82) is 0 Å². The van der Waals surface area contributed by atoms with E-state index in [2.05, 4.69) is 5.32 Å². The highest BCUT2D eigenvalue weighted by molar-refractivity contribution is 5.47. The Labute approximate surface area is 119 Å². The van der Waals surface area contributed by atoms with Crippen molar-refractivity contribution in [3.8, 4) is 5.75 Å². The summed E-state index contributed by atoms with van der Waals surface area (Å²) in [6, 6.07) is 4.63. The minimum atomic E-state index is -0.649. The molecule has 0 saturated heterocycles. The molecule has 0 aliphatic heterocycles. The van der Waals surface area contributed by atoms with Crippen LogP contribution in [0.3, 0.4) is 0 Å². The molecule has 2 N–H and O–H groups in total. The Morgan fingerprint density at radius 3 is 2.60 bits per heavy atom. The molecule has 1 rings (SSSR count). The van der Waals surface area contributed by atoms with E-state index in [9.17, 15) is 9.50 Å². The van der Waals surface area contributed by atoms with E-state index < -0.39 is 11.9 Å². The number of aliphatic hydroxyl groups is 1. The molecule has 0 heterocycles. The minimum Gasteiger partial charge on any atom is -0.491 e. The van der Waals surface area contributed by atoms with Crippen molar-refractivity contribution in [2.24, 2.45) is 0 Å². The minimum absolute atomic E-state index is 0.231. The Morgan fingerprint density at radius 1 is 1.35 bits per heavy atom. The molecule has 4 nitrogen and oxygen atoms in total. The van der Waals surface area contributed by atoms with Crippen molar-refractivity contribution < 1.29 is 19.0 Å². The topological polar surface area (TPSA) is 50.7 Å². The fourth-order valence-corrected chi connectivity index (χ4v) is 1.52. The van der Waals surface area contributed by atoms with Crippen molar-refractivity contribution in [2.75, 3.05) is 25.1 Å². The maximum absolute atomic E-state index is 13.6. The molecule has 0 aliphatic carbocycles. The zero-order chi connectivity index (χ0) is 15.2.